The second-order valence-corrected chi connectivity index (χ2v) is 4.97. The Bertz CT molecular complexity index is 437. The third kappa shape index (κ3) is 10.2. The molecule has 0 aliphatic rings. The molecule has 2 aromatic rings. The van der Waals surface area contributed by atoms with Crippen molar-refractivity contribution in [3.63, 3.8) is 0 Å². The molecule has 0 atom stereocenters. The Morgan fingerprint density at radius 2 is 1.32 bits per heavy atom. The van der Waals surface area contributed by atoms with Crippen molar-refractivity contribution < 1.29 is 4.79 Å². The van der Waals surface area contributed by atoms with Gasteiger partial charge in [-0.2, -0.15) is 0 Å². The van der Waals surface area contributed by atoms with E-state index in [2.05, 4.69) is 35.0 Å². The average Bonchev–Trinajstić information content (AvgIpc) is 2.42. The van der Waals surface area contributed by atoms with E-state index >= 15 is 0 Å². The predicted octanol–water partition coefficient (Wildman–Crippen LogP) is 5.29. The van der Waals surface area contributed by atoms with E-state index in [1.54, 1.807) is 6.92 Å². The number of hydrogen-bond acceptors (Lipinski definition) is 1. The van der Waals surface area contributed by atoms with Crippen LogP contribution < -0.4 is 0 Å². The zero-order valence-corrected chi connectivity index (χ0v) is 13.4. The molecule has 1 nitrogen and oxygen atoms in total. The first kappa shape index (κ1) is 17.6. The zero-order chi connectivity index (χ0) is 14.5. The first-order chi connectivity index (χ1) is 9.11. The summed E-state index contributed by atoms with van der Waals surface area (Å²) in [7, 11) is 0. The van der Waals surface area contributed by atoms with Crippen molar-refractivity contribution in [1.29, 1.82) is 0 Å². The number of alkyl halides is 1. The van der Waals surface area contributed by atoms with Gasteiger partial charge in [0.05, 0.1) is 0 Å². The van der Waals surface area contributed by atoms with E-state index in [0.717, 1.165) is 10.9 Å². The van der Waals surface area contributed by atoms with Crippen LogP contribution in [0.3, 0.4) is 0 Å². The molecular weight excluding hydrogens is 300 g/mol. The fourth-order valence-electron chi connectivity index (χ4n) is 1.21. The fraction of sp³-hybridized carbons (Fsp3) is 0.235. The third-order valence-electron chi connectivity index (χ3n) is 2.12. The Morgan fingerprint density at radius 3 is 1.53 bits per heavy atom. The Morgan fingerprint density at radius 1 is 0.947 bits per heavy atom. The van der Waals surface area contributed by atoms with Gasteiger partial charge in [0.1, 0.15) is 0 Å². The van der Waals surface area contributed by atoms with Crippen molar-refractivity contribution >= 4 is 21.7 Å². The maximum absolute atomic E-state index is 10.6. The minimum Gasteiger partial charge on any atom is -0.295 e. The number of hydrogen-bond donors (Lipinski definition) is 0. The van der Waals surface area contributed by atoms with Gasteiger partial charge >= 0.3 is 0 Å². The van der Waals surface area contributed by atoms with Crippen LogP contribution in [-0.4, -0.2) is 11.1 Å². The molecule has 19 heavy (non-hydrogen) atoms. The molecule has 0 spiro atoms. The normalized spacial score (nSPS) is 8.42. The summed E-state index contributed by atoms with van der Waals surface area (Å²) < 4.78 is 0. The predicted molar refractivity (Wildman–Crippen MR) is 87.1 cm³/mol. The van der Waals surface area contributed by atoms with Crippen LogP contribution >= 0.6 is 15.9 Å². The number of benzene rings is 2. The Labute approximate surface area is 124 Å². The maximum atomic E-state index is 10.6. The molecule has 0 amide bonds. The lowest BCUT2D eigenvalue weighted by Gasteiger charge is -1.89. The Hall–Kier alpha value is -1.41. The molecule has 2 heteroatoms. The van der Waals surface area contributed by atoms with Crippen LogP contribution in [0.25, 0.3) is 0 Å². The van der Waals surface area contributed by atoms with E-state index in [9.17, 15) is 4.79 Å². The standard InChI is InChI=1S/C8H8O.C7H8.C2H5Br/c1-7(9)8-5-3-2-4-6-8;1-7-5-3-2-4-6-7;1-2-3/h2-6H,1H3;2-6H,1H3;2H2,1H3. The van der Waals surface area contributed by atoms with Crippen LogP contribution in [0, 0.1) is 6.92 Å². The second-order valence-electron chi connectivity index (χ2n) is 3.84. The lowest BCUT2D eigenvalue weighted by Crippen LogP contribution is -1.88. The number of carbonyl (C=O) groups excluding carboxylic acids is 1. The number of Topliss-reactive ketones (excluding diaryl/α,β-unsaturated/α-hetero) is 1. The second kappa shape index (κ2) is 11.7. The van der Waals surface area contributed by atoms with Crippen LogP contribution in [0.2, 0.25) is 0 Å². The van der Waals surface area contributed by atoms with E-state index in [1.165, 1.54) is 5.56 Å². The summed E-state index contributed by atoms with van der Waals surface area (Å²) in [5.41, 5.74) is 2.10. The Kier molecular flexibility index (Phi) is 10.8. The molecule has 2 rings (SSSR count). The van der Waals surface area contributed by atoms with Gasteiger partial charge in [0.25, 0.3) is 0 Å². The number of aryl methyl sites for hydroxylation is 1. The largest absolute Gasteiger partial charge is 0.295 e. The highest BCUT2D eigenvalue weighted by Gasteiger charge is 1.92. The summed E-state index contributed by atoms with van der Waals surface area (Å²) in [6.07, 6.45) is 0. The van der Waals surface area contributed by atoms with Crippen LogP contribution in [0.4, 0.5) is 0 Å². The smallest absolute Gasteiger partial charge is 0.159 e. The maximum Gasteiger partial charge on any atom is 0.159 e. The van der Waals surface area contributed by atoms with Gasteiger partial charge in [0, 0.05) is 10.9 Å². The van der Waals surface area contributed by atoms with Crippen LogP contribution in [0.5, 0.6) is 0 Å². The van der Waals surface area contributed by atoms with Gasteiger partial charge in [-0.15, -0.1) is 0 Å². The van der Waals surface area contributed by atoms with Crippen molar-refractivity contribution in [2.45, 2.75) is 20.8 Å². The highest BCUT2D eigenvalue weighted by Crippen LogP contribution is 1.97. The van der Waals surface area contributed by atoms with Crippen molar-refractivity contribution in [1.82, 2.24) is 0 Å². The first-order valence-corrected chi connectivity index (χ1v) is 7.37. The topological polar surface area (TPSA) is 17.1 Å². The molecule has 0 radical (unpaired) electrons. The summed E-state index contributed by atoms with van der Waals surface area (Å²) in [6, 6.07) is 19.5. The van der Waals surface area contributed by atoms with Crippen LogP contribution in [-0.2, 0) is 0 Å². The molecule has 0 bridgehead atoms. The van der Waals surface area contributed by atoms with Crippen LogP contribution in [0.15, 0.2) is 60.7 Å². The number of carbonyl (C=O) groups is 1. The van der Waals surface area contributed by atoms with Gasteiger partial charge in [-0.1, -0.05) is 89.1 Å². The molecular formula is C17H21BrO. The van der Waals surface area contributed by atoms with E-state index in [0.29, 0.717) is 0 Å². The minimum atomic E-state index is 0.121. The molecule has 0 heterocycles. The molecule has 0 saturated carbocycles. The van der Waals surface area contributed by atoms with Crippen molar-refractivity contribution in [3.8, 4) is 0 Å². The molecule has 0 fully saturated rings. The molecule has 0 aliphatic heterocycles. The van der Waals surface area contributed by atoms with Gasteiger partial charge in [0.2, 0.25) is 0 Å². The lowest BCUT2D eigenvalue weighted by atomic mass is 10.2. The third-order valence-corrected chi connectivity index (χ3v) is 2.12. The average molecular weight is 321 g/mol. The van der Waals surface area contributed by atoms with Crippen molar-refractivity contribution in [2.75, 3.05) is 5.33 Å². The summed E-state index contributed by atoms with van der Waals surface area (Å²) >= 11 is 3.15. The molecule has 0 aliphatic carbocycles. The van der Waals surface area contributed by atoms with Crippen molar-refractivity contribution in [3.05, 3.63) is 71.8 Å². The molecule has 0 aromatic heterocycles. The van der Waals surface area contributed by atoms with Crippen molar-refractivity contribution in [2.24, 2.45) is 0 Å². The van der Waals surface area contributed by atoms with Gasteiger partial charge in [0.15, 0.2) is 5.78 Å². The number of ketones is 1. The molecule has 102 valence electrons. The molecule has 2 aromatic carbocycles. The van der Waals surface area contributed by atoms with E-state index in [4.69, 9.17) is 0 Å². The van der Waals surface area contributed by atoms with E-state index < -0.39 is 0 Å². The highest BCUT2D eigenvalue weighted by molar-refractivity contribution is 9.09. The first-order valence-electron chi connectivity index (χ1n) is 6.25. The summed E-state index contributed by atoms with van der Waals surface area (Å²) in [4.78, 5) is 10.6. The molecule has 0 saturated heterocycles. The van der Waals surface area contributed by atoms with Gasteiger partial charge in [-0.3, -0.25) is 4.79 Å². The van der Waals surface area contributed by atoms with Gasteiger partial charge in [-0.25, -0.2) is 0 Å². The number of halogens is 1. The minimum absolute atomic E-state index is 0.121. The van der Waals surface area contributed by atoms with Gasteiger partial charge in [-0.05, 0) is 13.8 Å². The SMILES string of the molecule is CC(=O)c1ccccc1.CCBr.Cc1ccccc1. The molecule has 0 N–H and O–H groups in total. The Balaban J connectivity index is 0.000000289. The fourth-order valence-corrected chi connectivity index (χ4v) is 1.21. The van der Waals surface area contributed by atoms with E-state index in [-0.39, 0.29) is 5.78 Å². The van der Waals surface area contributed by atoms with Crippen LogP contribution in [0.1, 0.15) is 29.8 Å². The summed E-state index contributed by atoms with van der Waals surface area (Å²) in [5.74, 6) is 0.121. The van der Waals surface area contributed by atoms with Gasteiger partial charge < -0.3 is 0 Å². The number of rotatable bonds is 1. The molecule has 0 unspecified atom stereocenters. The quantitative estimate of drug-likeness (QED) is 0.515. The summed E-state index contributed by atoms with van der Waals surface area (Å²) in [6.45, 7) is 5.69. The zero-order valence-electron chi connectivity index (χ0n) is 11.8. The lowest BCUT2D eigenvalue weighted by molar-refractivity contribution is 0.101. The summed E-state index contributed by atoms with van der Waals surface area (Å²) in [5, 5.41) is 1.06. The highest BCUT2D eigenvalue weighted by atomic mass is 79.9. The monoisotopic (exact) mass is 320 g/mol. The van der Waals surface area contributed by atoms with E-state index in [1.807, 2.05) is 55.5 Å².